The zero-order valence-electron chi connectivity index (χ0n) is 9.37. The van der Waals surface area contributed by atoms with Gasteiger partial charge in [0.25, 0.3) is 0 Å². The zero-order valence-corrected chi connectivity index (χ0v) is 9.37. The molecule has 0 aliphatic carbocycles. The van der Waals surface area contributed by atoms with Crippen molar-refractivity contribution in [1.82, 2.24) is 0 Å². The molecule has 0 aromatic carbocycles. The number of aliphatic carboxylic acids is 1. The molecule has 0 heterocycles. The Morgan fingerprint density at radius 3 is 2.40 bits per heavy atom. The van der Waals surface area contributed by atoms with Gasteiger partial charge in [-0.05, 0) is 12.8 Å². The third kappa shape index (κ3) is 8.12. The second kappa shape index (κ2) is 8.41. The molecule has 0 aliphatic heterocycles. The third-order valence-electron chi connectivity index (χ3n) is 2.36. The minimum Gasteiger partial charge on any atom is -0.480 e. The van der Waals surface area contributed by atoms with Crippen LogP contribution in [-0.4, -0.2) is 22.9 Å². The summed E-state index contributed by atoms with van der Waals surface area (Å²) >= 11 is 0. The number of carbonyl (C=O) groups excluding carboxylic acids is 1. The number of nitrogens with two attached hydrogens (primary N) is 1. The molecule has 0 bridgehead atoms. The van der Waals surface area contributed by atoms with Gasteiger partial charge in [0.05, 0.1) is 0 Å². The molecule has 4 nitrogen and oxygen atoms in total. The fourth-order valence-corrected chi connectivity index (χ4v) is 1.31. The highest BCUT2D eigenvalue weighted by Gasteiger charge is 2.12. The van der Waals surface area contributed by atoms with Gasteiger partial charge in [-0.1, -0.05) is 26.2 Å². The molecule has 3 N–H and O–H groups in total. The van der Waals surface area contributed by atoms with Gasteiger partial charge in [-0.3, -0.25) is 9.59 Å². The quantitative estimate of drug-likeness (QED) is 0.574. The van der Waals surface area contributed by atoms with Gasteiger partial charge in [0, 0.05) is 12.8 Å². The third-order valence-corrected chi connectivity index (χ3v) is 2.36. The molecule has 0 amide bonds. The number of carboxylic acid groups (broad SMARTS) is 1. The Hall–Kier alpha value is -0.900. The van der Waals surface area contributed by atoms with Crippen molar-refractivity contribution < 1.29 is 14.7 Å². The number of Topliss-reactive ketones (excluding diaryl/α,β-unsaturated/α-hetero) is 1. The SMILES string of the molecule is CCCCCCC(=O)CCC(N)C(=O)O. The number of hydrogen-bond donors (Lipinski definition) is 2. The van der Waals surface area contributed by atoms with E-state index in [2.05, 4.69) is 6.92 Å². The van der Waals surface area contributed by atoms with Crippen molar-refractivity contribution in [2.45, 2.75) is 57.9 Å². The lowest BCUT2D eigenvalue weighted by Gasteiger charge is -2.05. The monoisotopic (exact) mass is 215 g/mol. The van der Waals surface area contributed by atoms with Gasteiger partial charge in [-0.2, -0.15) is 0 Å². The molecule has 4 heteroatoms. The summed E-state index contributed by atoms with van der Waals surface area (Å²) in [5, 5.41) is 8.50. The van der Waals surface area contributed by atoms with Crippen LogP contribution in [0.25, 0.3) is 0 Å². The summed E-state index contributed by atoms with van der Waals surface area (Å²) in [6.07, 6.45) is 5.40. The first-order valence-electron chi connectivity index (χ1n) is 5.58. The molecule has 0 aromatic heterocycles. The molecule has 0 saturated heterocycles. The molecular formula is C11H21NO3. The molecule has 0 saturated carbocycles. The number of unbranched alkanes of at least 4 members (excludes halogenated alkanes) is 3. The maximum absolute atomic E-state index is 11.3. The van der Waals surface area contributed by atoms with Gasteiger partial charge in [-0.25, -0.2) is 0 Å². The minimum absolute atomic E-state index is 0.128. The van der Waals surface area contributed by atoms with Crippen LogP contribution in [0.15, 0.2) is 0 Å². The molecule has 0 aliphatic rings. The molecule has 0 radical (unpaired) electrons. The topological polar surface area (TPSA) is 80.4 Å². The summed E-state index contributed by atoms with van der Waals surface area (Å²) < 4.78 is 0. The Kier molecular flexibility index (Phi) is 7.91. The number of carboxylic acids is 1. The molecule has 1 unspecified atom stereocenters. The predicted octanol–water partition coefficient (Wildman–Crippen LogP) is 1.72. The van der Waals surface area contributed by atoms with Crippen LogP contribution in [0.4, 0.5) is 0 Å². The van der Waals surface area contributed by atoms with Crippen molar-refractivity contribution in [3.63, 3.8) is 0 Å². The van der Waals surface area contributed by atoms with Crippen LogP contribution >= 0.6 is 0 Å². The van der Waals surface area contributed by atoms with Crippen molar-refractivity contribution in [3.8, 4) is 0 Å². The van der Waals surface area contributed by atoms with E-state index in [-0.39, 0.29) is 12.2 Å². The highest BCUT2D eigenvalue weighted by atomic mass is 16.4. The average Bonchev–Trinajstić information content (AvgIpc) is 2.20. The van der Waals surface area contributed by atoms with Crippen molar-refractivity contribution in [1.29, 1.82) is 0 Å². The van der Waals surface area contributed by atoms with E-state index in [4.69, 9.17) is 10.8 Å². The van der Waals surface area contributed by atoms with Crippen molar-refractivity contribution in [3.05, 3.63) is 0 Å². The molecular weight excluding hydrogens is 194 g/mol. The Bertz CT molecular complexity index is 204. The fourth-order valence-electron chi connectivity index (χ4n) is 1.31. The lowest BCUT2D eigenvalue weighted by Crippen LogP contribution is -2.30. The lowest BCUT2D eigenvalue weighted by molar-refractivity contribution is -0.138. The Balaban J connectivity index is 3.45. The van der Waals surface area contributed by atoms with Crippen LogP contribution < -0.4 is 5.73 Å². The lowest BCUT2D eigenvalue weighted by atomic mass is 10.0. The zero-order chi connectivity index (χ0) is 11.7. The predicted molar refractivity (Wildman–Crippen MR) is 58.6 cm³/mol. The van der Waals surface area contributed by atoms with E-state index in [9.17, 15) is 9.59 Å². The Morgan fingerprint density at radius 1 is 1.20 bits per heavy atom. The van der Waals surface area contributed by atoms with E-state index in [1.165, 1.54) is 0 Å². The van der Waals surface area contributed by atoms with Gasteiger partial charge in [-0.15, -0.1) is 0 Å². The van der Waals surface area contributed by atoms with E-state index in [0.29, 0.717) is 12.8 Å². The Morgan fingerprint density at radius 2 is 1.87 bits per heavy atom. The van der Waals surface area contributed by atoms with Crippen LogP contribution in [0.5, 0.6) is 0 Å². The summed E-state index contributed by atoms with van der Waals surface area (Å²) in [5.41, 5.74) is 5.29. The van der Waals surface area contributed by atoms with Gasteiger partial charge in [0.1, 0.15) is 11.8 Å². The standard InChI is InChI=1S/C11H21NO3/c1-2-3-4-5-6-9(13)7-8-10(12)11(14)15/h10H,2-8,12H2,1H3,(H,14,15). The van der Waals surface area contributed by atoms with E-state index in [1.807, 2.05) is 0 Å². The number of ketones is 1. The average molecular weight is 215 g/mol. The molecule has 0 aromatic rings. The van der Waals surface area contributed by atoms with Crippen LogP contribution in [0.3, 0.4) is 0 Å². The fraction of sp³-hybridized carbons (Fsp3) is 0.818. The molecule has 88 valence electrons. The van der Waals surface area contributed by atoms with Crippen LogP contribution in [-0.2, 0) is 9.59 Å². The minimum atomic E-state index is -1.03. The van der Waals surface area contributed by atoms with Crippen molar-refractivity contribution in [2.75, 3.05) is 0 Å². The maximum atomic E-state index is 11.3. The van der Waals surface area contributed by atoms with Gasteiger partial charge in [0.15, 0.2) is 0 Å². The summed E-state index contributed by atoms with van der Waals surface area (Å²) in [6.45, 7) is 2.12. The van der Waals surface area contributed by atoms with E-state index in [0.717, 1.165) is 25.7 Å². The van der Waals surface area contributed by atoms with Crippen molar-refractivity contribution in [2.24, 2.45) is 5.73 Å². The van der Waals surface area contributed by atoms with E-state index in [1.54, 1.807) is 0 Å². The van der Waals surface area contributed by atoms with Gasteiger partial charge in [0.2, 0.25) is 0 Å². The van der Waals surface area contributed by atoms with Crippen LogP contribution in [0.1, 0.15) is 51.9 Å². The number of rotatable bonds is 9. The summed E-state index contributed by atoms with van der Waals surface area (Å²) in [4.78, 5) is 21.7. The van der Waals surface area contributed by atoms with Gasteiger partial charge >= 0.3 is 5.97 Å². The summed E-state index contributed by atoms with van der Waals surface area (Å²) in [7, 11) is 0. The first-order valence-corrected chi connectivity index (χ1v) is 5.58. The number of hydrogen-bond acceptors (Lipinski definition) is 3. The first-order chi connectivity index (χ1) is 7.07. The number of carbonyl (C=O) groups is 2. The summed E-state index contributed by atoms with van der Waals surface area (Å²) in [6, 6.07) is -0.899. The van der Waals surface area contributed by atoms with Crippen LogP contribution in [0, 0.1) is 0 Å². The highest BCUT2D eigenvalue weighted by molar-refractivity contribution is 5.80. The summed E-state index contributed by atoms with van der Waals surface area (Å²) in [5.74, 6) is -0.906. The maximum Gasteiger partial charge on any atom is 0.320 e. The molecule has 0 rings (SSSR count). The van der Waals surface area contributed by atoms with E-state index < -0.39 is 12.0 Å². The normalized spacial score (nSPS) is 12.4. The molecule has 1 atom stereocenters. The van der Waals surface area contributed by atoms with Gasteiger partial charge < -0.3 is 10.8 Å². The van der Waals surface area contributed by atoms with Crippen LogP contribution in [0.2, 0.25) is 0 Å². The molecule has 0 fully saturated rings. The highest BCUT2D eigenvalue weighted by Crippen LogP contribution is 2.06. The largest absolute Gasteiger partial charge is 0.480 e. The molecule has 15 heavy (non-hydrogen) atoms. The molecule has 0 spiro atoms. The second-order valence-corrected chi connectivity index (χ2v) is 3.83. The smallest absolute Gasteiger partial charge is 0.320 e. The second-order valence-electron chi connectivity index (χ2n) is 3.83. The first kappa shape index (κ1) is 14.1. The Labute approximate surface area is 90.8 Å². The van der Waals surface area contributed by atoms with E-state index >= 15 is 0 Å². The van der Waals surface area contributed by atoms with Crippen molar-refractivity contribution >= 4 is 11.8 Å².